The number of nitrogens with one attached hydrogen (secondary N) is 1. The van der Waals surface area contributed by atoms with Crippen LogP contribution in [-0.4, -0.2) is 24.0 Å². The monoisotopic (exact) mass is 281 g/mol. The molecule has 4 heteroatoms. The van der Waals surface area contributed by atoms with Gasteiger partial charge < -0.3 is 10.2 Å². The predicted octanol–water partition coefficient (Wildman–Crippen LogP) is 2.86. The van der Waals surface area contributed by atoms with Crippen LogP contribution in [0.15, 0.2) is 48.7 Å². The minimum absolute atomic E-state index is 0.0392. The lowest BCUT2D eigenvalue weighted by molar-refractivity contribution is -0.115. The van der Waals surface area contributed by atoms with Crippen LogP contribution in [0, 0.1) is 0 Å². The van der Waals surface area contributed by atoms with Crippen LogP contribution >= 0.6 is 0 Å². The zero-order valence-electron chi connectivity index (χ0n) is 12.0. The Hall–Kier alpha value is -2.36. The molecule has 1 saturated heterocycles. The maximum Gasteiger partial charge on any atom is 0.229 e. The van der Waals surface area contributed by atoms with Crippen LogP contribution < -0.4 is 10.2 Å². The van der Waals surface area contributed by atoms with Crippen LogP contribution in [0.25, 0.3) is 0 Å². The Bertz CT molecular complexity index is 589. The van der Waals surface area contributed by atoms with Gasteiger partial charge in [0.25, 0.3) is 0 Å². The molecule has 2 aromatic rings. The maximum atomic E-state index is 12.0. The van der Waals surface area contributed by atoms with E-state index in [1.54, 1.807) is 0 Å². The number of hydrogen-bond donors (Lipinski definition) is 1. The molecule has 0 saturated carbocycles. The first-order valence-corrected chi connectivity index (χ1v) is 7.36. The van der Waals surface area contributed by atoms with Crippen molar-refractivity contribution in [3.8, 4) is 0 Å². The smallest absolute Gasteiger partial charge is 0.229 e. The first-order valence-electron chi connectivity index (χ1n) is 7.36. The number of benzene rings is 1. The fourth-order valence-corrected chi connectivity index (χ4v) is 2.59. The molecule has 1 fully saturated rings. The van der Waals surface area contributed by atoms with Crippen LogP contribution in [-0.2, 0) is 11.2 Å². The third kappa shape index (κ3) is 3.60. The fourth-order valence-electron chi connectivity index (χ4n) is 2.59. The van der Waals surface area contributed by atoms with E-state index < -0.39 is 0 Å². The number of pyridine rings is 1. The fraction of sp³-hybridized carbons (Fsp3) is 0.294. The molecule has 3 rings (SSSR count). The molecule has 4 nitrogen and oxygen atoms in total. The summed E-state index contributed by atoms with van der Waals surface area (Å²) >= 11 is 0. The van der Waals surface area contributed by atoms with Gasteiger partial charge in [-0.2, -0.15) is 0 Å². The van der Waals surface area contributed by atoms with Gasteiger partial charge >= 0.3 is 0 Å². The van der Waals surface area contributed by atoms with Crippen LogP contribution in [0.3, 0.4) is 0 Å². The number of carbonyl (C=O) groups excluding carboxylic acids is 1. The summed E-state index contributed by atoms with van der Waals surface area (Å²) in [6.07, 6.45) is 4.70. The highest BCUT2D eigenvalue weighted by Gasteiger charge is 2.12. The Labute approximate surface area is 124 Å². The number of nitrogens with zero attached hydrogens (tertiary/aromatic N) is 2. The molecule has 0 aliphatic carbocycles. The lowest BCUT2D eigenvalue weighted by atomic mass is 10.1. The average molecular weight is 281 g/mol. The van der Waals surface area contributed by atoms with E-state index in [2.05, 4.69) is 15.2 Å². The normalized spacial score (nSPS) is 14.2. The molecule has 1 aliphatic heterocycles. The first-order chi connectivity index (χ1) is 10.3. The molecular formula is C17H19N3O. The van der Waals surface area contributed by atoms with E-state index >= 15 is 0 Å². The van der Waals surface area contributed by atoms with Crippen molar-refractivity contribution in [2.45, 2.75) is 19.3 Å². The van der Waals surface area contributed by atoms with Crippen LogP contribution in [0.2, 0.25) is 0 Å². The molecule has 1 amide bonds. The van der Waals surface area contributed by atoms with Gasteiger partial charge in [-0.3, -0.25) is 4.79 Å². The molecule has 1 aromatic carbocycles. The Morgan fingerprint density at radius 1 is 1.10 bits per heavy atom. The van der Waals surface area contributed by atoms with Crippen molar-refractivity contribution in [3.05, 3.63) is 54.2 Å². The predicted molar refractivity (Wildman–Crippen MR) is 84.5 cm³/mol. The number of anilines is 2. The highest BCUT2D eigenvalue weighted by molar-refractivity contribution is 5.91. The zero-order valence-corrected chi connectivity index (χ0v) is 12.0. The molecular weight excluding hydrogens is 262 g/mol. The van der Waals surface area contributed by atoms with Gasteiger partial charge in [-0.15, -0.1) is 0 Å². The average Bonchev–Trinajstić information content (AvgIpc) is 3.03. The molecule has 21 heavy (non-hydrogen) atoms. The van der Waals surface area contributed by atoms with Crippen LogP contribution in [0.5, 0.6) is 0 Å². The summed E-state index contributed by atoms with van der Waals surface area (Å²) in [4.78, 5) is 18.6. The minimum atomic E-state index is -0.0392. The van der Waals surface area contributed by atoms with Crippen molar-refractivity contribution in [1.29, 1.82) is 0 Å². The summed E-state index contributed by atoms with van der Waals surface area (Å²) in [5.74, 6) is 0.571. The molecule has 0 bridgehead atoms. The van der Waals surface area contributed by atoms with Gasteiger partial charge in [0.15, 0.2) is 0 Å². The summed E-state index contributed by atoms with van der Waals surface area (Å²) in [7, 11) is 0. The number of aromatic nitrogens is 1. The Morgan fingerprint density at radius 3 is 2.52 bits per heavy atom. The van der Waals surface area contributed by atoms with Crippen molar-refractivity contribution in [2.75, 3.05) is 23.3 Å². The van der Waals surface area contributed by atoms with E-state index in [1.165, 1.54) is 12.8 Å². The number of amides is 1. The Kier molecular flexibility index (Phi) is 4.15. The maximum absolute atomic E-state index is 12.0. The van der Waals surface area contributed by atoms with Crippen molar-refractivity contribution in [1.82, 2.24) is 4.98 Å². The van der Waals surface area contributed by atoms with Crippen molar-refractivity contribution < 1.29 is 4.79 Å². The number of hydrogen-bond acceptors (Lipinski definition) is 3. The van der Waals surface area contributed by atoms with Crippen molar-refractivity contribution in [3.63, 3.8) is 0 Å². The molecule has 0 spiro atoms. The van der Waals surface area contributed by atoms with Gasteiger partial charge in [0, 0.05) is 13.1 Å². The van der Waals surface area contributed by atoms with Gasteiger partial charge in [-0.1, -0.05) is 30.3 Å². The molecule has 1 aromatic heterocycles. The van der Waals surface area contributed by atoms with Gasteiger partial charge in [-0.05, 0) is 30.5 Å². The molecule has 0 atom stereocenters. The molecule has 0 unspecified atom stereocenters. The molecule has 2 heterocycles. The quantitative estimate of drug-likeness (QED) is 0.937. The standard InChI is InChI=1S/C17H19N3O/c21-17(12-14-6-2-1-3-7-14)19-16-9-8-15(13-18-16)20-10-4-5-11-20/h1-3,6-9,13H,4-5,10-12H2,(H,18,19,21). The van der Waals surface area contributed by atoms with Crippen molar-refractivity contribution in [2.24, 2.45) is 0 Å². The third-order valence-corrected chi connectivity index (χ3v) is 3.69. The summed E-state index contributed by atoms with van der Waals surface area (Å²) in [5, 5.41) is 2.84. The molecule has 1 aliphatic rings. The topological polar surface area (TPSA) is 45.2 Å². The molecule has 1 N–H and O–H groups in total. The Balaban J connectivity index is 1.58. The molecule has 0 radical (unpaired) electrons. The minimum Gasteiger partial charge on any atom is -0.370 e. The van der Waals surface area contributed by atoms with Crippen LogP contribution in [0.1, 0.15) is 18.4 Å². The Morgan fingerprint density at radius 2 is 1.86 bits per heavy atom. The summed E-state index contributed by atoms with van der Waals surface area (Å²) in [6.45, 7) is 2.20. The zero-order chi connectivity index (χ0) is 14.5. The second-order valence-corrected chi connectivity index (χ2v) is 5.31. The van der Waals surface area contributed by atoms with E-state index in [9.17, 15) is 4.79 Å². The third-order valence-electron chi connectivity index (χ3n) is 3.69. The number of rotatable bonds is 4. The van der Waals surface area contributed by atoms with Gasteiger partial charge in [0.2, 0.25) is 5.91 Å². The molecule has 108 valence electrons. The lowest BCUT2D eigenvalue weighted by Gasteiger charge is -2.17. The summed E-state index contributed by atoms with van der Waals surface area (Å²) in [6, 6.07) is 13.6. The SMILES string of the molecule is O=C(Cc1ccccc1)Nc1ccc(N2CCCC2)cn1. The highest BCUT2D eigenvalue weighted by Crippen LogP contribution is 2.20. The van der Waals surface area contributed by atoms with E-state index in [0.29, 0.717) is 12.2 Å². The van der Waals surface area contributed by atoms with Crippen molar-refractivity contribution >= 4 is 17.4 Å². The summed E-state index contributed by atoms with van der Waals surface area (Å²) < 4.78 is 0. The van der Waals surface area contributed by atoms with E-state index in [4.69, 9.17) is 0 Å². The lowest BCUT2D eigenvalue weighted by Crippen LogP contribution is -2.18. The second kappa shape index (κ2) is 6.39. The van der Waals surface area contributed by atoms with Crippen LogP contribution in [0.4, 0.5) is 11.5 Å². The highest BCUT2D eigenvalue weighted by atomic mass is 16.1. The van der Waals surface area contributed by atoms with E-state index in [-0.39, 0.29) is 5.91 Å². The van der Waals surface area contributed by atoms with Gasteiger partial charge in [0.05, 0.1) is 18.3 Å². The van der Waals surface area contributed by atoms with E-state index in [0.717, 1.165) is 24.3 Å². The largest absolute Gasteiger partial charge is 0.370 e. The number of carbonyl (C=O) groups is 1. The summed E-state index contributed by atoms with van der Waals surface area (Å²) in [5.41, 5.74) is 2.14. The van der Waals surface area contributed by atoms with Gasteiger partial charge in [0.1, 0.15) is 5.82 Å². The van der Waals surface area contributed by atoms with E-state index in [1.807, 2.05) is 48.7 Å². The van der Waals surface area contributed by atoms with Gasteiger partial charge in [-0.25, -0.2) is 4.98 Å². The first kappa shape index (κ1) is 13.6. The second-order valence-electron chi connectivity index (χ2n) is 5.31.